The van der Waals surface area contributed by atoms with E-state index in [1.165, 1.54) is 11.8 Å². The van der Waals surface area contributed by atoms with Crippen molar-refractivity contribution in [3.05, 3.63) is 90.5 Å². The van der Waals surface area contributed by atoms with Crippen molar-refractivity contribution in [1.29, 1.82) is 0 Å². The SMILES string of the molecule is CCOc1ccccc1NC(=O)C[C@@H]1SC(=Nc2ccccc2)N(Cc2ccccc2)C1=O. The van der Waals surface area contributed by atoms with Crippen molar-refractivity contribution in [2.75, 3.05) is 11.9 Å². The minimum Gasteiger partial charge on any atom is -0.492 e. The third-order valence-corrected chi connectivity index (χ3v) is 6.19. The van der Waals surface area contributed by atoms with Crippen molar-refractivity contribution >= 4 is 40.1 Å². The molecule has 1 N–H and O–H groups in total. The molecule has 0 saturated carbocycles. The molecule has 4 rings (SSSR count). The van der Waals surface area contributed by atoms with Crippen LogP contribution in [0.5, 0.6) is 5.75 Å². The number of rotatable bonds is 8. The van der Waals surface area contributed by atoms with Crippen LogP contribution in [0.2, 0.25) is 0 Å². The number of ether oxygens (including phenoxy) is 1. The van der Waals surface area contributed by atoms with E-state index in [0.29, 0.717) is 29.8 Å². The Morgan fingerprint density at radius 1 is 1.00 bits per heavy atom. The fourth-order valence-corrected chi connectivity index (χ4v) is 4.63. The minimum absolute atomic E-state index is 0.0447. The number of hydrogen-bond acceptors (Lipinski definition) is 5. The fourth-order valence-electron chi connectivity index (χ4n) is 3.47. The first-order valence-electron chi connectivity index (χ1n) is 10.8. The number of benzene rings is 3. The summed E-state index contributed by atoms with van der Waals surface area (Å²) >= 11 is 1.33. The largest absolute Gasteiger partial charge is 0.492 e. The minimum atomic E-state index is -0.546. The molecule has 1 aliphatic rings. The zero-order valence-electron chi connectivity index (χ0n) is 18.3. The highest BCUT2D eigenvalue weighted by molar-refractivity contribution is 8.15. The average Bonchev–Trinajstić information content (AvgIpc) is 3.10. The highest BCUT2D eigenvalue weighted by atomic mass is 32.2. The quantitative estimate of drug-likeness (QED) is 0.500. The molecule has 0 aromatic heterocycles. The molecule has 1 heterocycles. The van der Waals surface area contributed by atoms with Crippen LogP contribution < -0.4 is 10.1 Å². The molecule has 2 amide bonds. The van der Waals surface area contributed by atoms with Gasteiger partial charge < -0.3 is 10.1 Å². The van der Waals surface area contributed by atoms with Crippen molar-refractivity contribution in [2.45, 2.75) is 25.1 Å². The van der Waals surface area contributed by atoms with Gasteiger partial charge in [-0.1, -0.05) is 72.4 Å². The van der Waals surface area contributed by atoms with E-state index in [4.69, 9.17) is 9.73 Å². The van der Waals surface area contributed by atoms with Crippen LogP contribution in [0, 0.1) is 0 Å². The summed E-state index contributed by atoms with van der Waals surface area (Å²) in [6.07, 6.45) is 0.0447. The van der Waals surface area contributed by atoms with Gasteiger partial charge in [-0.25, -0.2) is 4.99 Å². The van der Waals surface area contributed by atoms with E-state index in [1.807, 2.05) is 79.7 Å². The molecular formula is C26H25N3O3S. The molecule has 0 unspecified atom stereocenters. The number of carbonyl (C=O) groups excluding carboxylic acids is 2. The second kappa shape index (κ2) is 10.8. The fraction of sp³-hybridized carbons (Fsp3) is 0.192. The normalized spacial score (nSPS) is 16.8. The molecule has 0 aliphatic carbocycles. The zero-order chi connectivity index (χ0) is 23.0. The third-order valence-electron chi connectivity index (χ3n) is 5.02. The molecule has 3 aromatic rings. The van der Waals surface area contributed by atoms with E-state index < -0.39 is 5.25 Å². The first kappa shape index (κ1) is 22.6. The summed E-state index contributed by atoms with van der Waals surface area (Å²) in [4.78, 5) is 32.5. The lowest BCUT2D eigenvalue weighted by Crippen LogP contribution is -2.33. The van der Waals surface area contributed by atoms with Gasteiger partial charge in [0.25, 0.3) is 0 Å². The van der Waals surface area contributed by atoms with Crippen LogP contribution in [0.1, 0.15) is 18.9 Å². The van der Waals surface area contributed by atoms with Crippen molar-refractivity contribution in [1.82, 2.24) is 4.90 Å². The van der Waals surface area contributed by atoms with E-state index in [1.54, 1.807) is 17.0 Å². The smallest absolute Gasteiger partial charge is 0.242 e. The van der Waals surface area contributed by atoms with Gasteiger partial charge in [-0.3, -0.25) is 14.5 Å². The maximum absolute atomic E-state index is 13.3. The highest BCUT2D eigenvalue weighted by Crippen LogP contribution is 2.33. The predicted octanol–water partition coefficient (Wildman–Crippen LogP) is 5.25. The molecule has 7 heteroatoms. The van der Waals surface area contributed by atoms with E-state index in [9.17, 15) is 9.59 Å². The number of amides is 2. The lowest BCUT2D eigenvalue weighted by Gasteiger charge is -2.16. The molecule has 0 radical (unpaired) electrons. The summed E-state index contributed by atoms with van der Waals surface area (Å²) in [6, 6.07) is 26.6. The number of para-hydroxylation sites is 3. The van der Waals surface area contributed by atoms with Crippen LogP contribution in [0.25, 0.3) is 0 Å². The Balaban J connectivity index is 1.52. The summed E-state index contributed by atoms with van der Waals surface area (Å²) in [5, 5.41) is 2.94. The van der Waals surface area contributed by atoms with E-state index in [2.05, 4.69) is 5.32 Å². The Morgan fingerprint density at radius 2 is 1.67 bits per heavy atom. The van der Waals surface area contributed by atoms with E-state index in [-0.39, 0.29) is 18.2 Å². The third kappa shape index (κ3) is 5.81. The van der Waals surface area contributed by atoms with Gasteiger partial charge >= 0.3 is 0 Å². The Hall–Kier alpha value is -3.58. The topological polar surface area (TPSA) is 71.0 Å². The number of thioether (sulfide) groups is 1. The number of hydrogen-bond donors (Lipinski definition) is 1. The van der Waals surface area contributed by atoms with Crippen LogP contribution >= 0.6 is 11.8 Å². The van der Waals surface area contributed by atoms with E-state index in [0.717, 1.165) is 11.3 Å². The molecule has 6 nitrogen and oxygen atoms in total. The number of carbonyl (C=O) groups is 2. The van der Waals surface area contributed by atoms with Gasteiger partial charge in [-0.05, 0) is 36.8 Å². The van der Waals surface area contributed by atoms with Gasteiger partial charge in [0, 0.05) is 6.42 Å². The summed E-state index contributed by atoms with van der Waals surface area (Å²) in [5.41, 5.74) is 2.36. The monoisotopic (exact) mass is 459 g/mol. The van der Waals surface area contributed by atoms with Crippen LogP contribution in [0.4, 0.5) is 11.4 Å². The van der Waals surface area contributed by atoms with Crippen LogP contribution in [-0.2, 0) is 16.1 Å². The second-order valence-electron chi connectivity index (χ2n) is 7.43. The lowest BCUT2D eigenvalue weighted by atomic mass is 10.2. The summed E-state index contributed by atoms with van der Waals surface area (Å²) in [7, 11) is 0. The summed E-state index contributed by atoms with van der Waals surface area (Å²) in [6.45, 7) is 2.79. The number of anilines is 1. The molecule has 0 bridgehead atoms. The summed E-state index contributed by atoms with van der Waals surface area (Å²) < 4.78 is 5.58. The maximum Gasteiger partial charge on any atom is 0.242 e. The van der Waals surface area contributed by atoms with Crippen LogP contribution in [0.15, 0.2) is 89.9 Å². The average molecular weight is 460 g/mol. The number of amidine groups is 1. The maximum atomic E-state index is 13.3. The Bertz CT molecular complexity index is 1140. The van der Waals surface area contributed by atoms with Gasteiger partial charge in [-0.2, -0.15) is 0 Å². The lowest BCUT2D eigenvalue weighted by molar-refractivity contribution is -0.128. The molecule has 1 saturated heterocycles. The van der Waals surface area contributed by atoms with Crippen molar-refractivity contribution in [3.8, 4) is 5.75 Å². The summed E-state index contributed by atoms with van der Waals surface area (Å²) in [5.74, 6) is 0.246. The Morgan fingerprint density at radius 3 is 2.39 bits per heavy atom. The molecular weight excluding hydrogens is 434 g/mol. The Kier molecular flexibility index (Phi) is 7.42. The van der Waals surface area contributed by atoms with Gasteiger partial charge in [0.2, 0.25) is 11.8 Å². The second-order valence-corrected chi connectivity index (χ2v) is 8.60. The molecule has 1 fully saturated rings. The first-order chi connectivity index (χ1) is 16.1. The van der Waals surface area contributed by atoms with Crippen LogP contribution in [-0.4, -0.2) is 33.7 Å². The van der Waals surface area contributed by atoms with E-state index >= 15 is 0 Å². The van der Waals surface area contributed by atoms with Crippen molar-refractivity contribution in [2.24, 2.45) is 4.99 Å². The molecule has 1 atom stereocenters. The first-order valence-corrected chi connectivity index (χ1v) is 11.7. The molecule has 3 aromatic carbocycles. The number of nitrogens with zero attached hydrogens (tertiary/aromatic N) is 2. The number of nitrogens with one attached hydrogen (secondary N) is 1. The van der Waals surface area contributed by atoms with Gasteiger partial charge in [0.1, 0.15) is 11.0 Å². The Labute approximate surface area is 197 Å². The molecule has 1 aliphatic heterocycles. The van der Waals surface area contributed by atoms with Gasteiger partial charge in [0.05, 0.1) is 24.5 Å². The van der Waals surface area contributed by atoms with Crippen molar-refractivity contribution < 1.29 is 14.3 Å². The predicted molar refractivity (Wildman–Crippen MR) is 133 cm³/mol. The number of aliphatic imine (C=N–C) groups is 1. The highest BCUT2D eigenvalue weighted by Gasteiger charge is 2.39. The van der Waals surface area contributed by atoms with Gasteiger partial charge in [0.15, 0.2) is 5.17 Å². The molecule has 33 heavy (non-hydrogen) atoms. The van der Waals surface area contributed by atoms with Crippen molar-refractivity contribution in [3.63, 3.8) is 0 Å². The van der Waals surface area contributed by atoms with Crippen LogP contribution in [0.3, 0.4) is 0 Å². The standard InChI is InChI=1S/C26H25N3O3S/c1-2-32-22-16-10-9-15-21(22)28-24(30)17-23-25(31)29(18-19-11-5-3-6-12-19)26(33-23)27-20-13-7-4-8-14-20/h3-16,23H,2,17-18H2,1H3,(H,28,30)/t23-/m0/s1. The zero-order valence-corrected chi connectivity index (χ0v) is 19.1. The molecule has 168 valence electrons. The molecule has 0 spiro atoms. The van der Waals surface area contributed by atoms with Gasteiger partial charge in [-0.15, -0.1) is 0 Å².